The lowest BCUT2D eigenvalue weighted by Gasteiger charge is -1.93. The van der Waals surface area contributed by atoms with E-state index in [-0.39, 0.29) is 0 Å². The number of hydrogen-bond acceptors (Lipinski definition) is 2. The van der Waals surface area contributed by atoms with E-state index >= 15 is 0 Å². The zero-order chi connectivity index (χ0) is 8.72. The molecule has 0 aliphatic carbocycles. The first-order chi connectivity index (χ1) is 5.66. The number of thiazole rings is 1. The number of benzene rings is 1. The van der Waals surface area contributed by atoms with Gasteiger partial charge in [-0.3, -0.25) is 0 Å². The Hall–Kier alpha value is 0.360. The molecule has 2 aromatic rings. The van der Waals surface area contributed by atoms with Gasteiger partial charge in [0.15, 0.2) is 3.92 Å². The van der Waals surface area contributed by atoms with Crippen molar-refractivity contribution >= 4 is 65.0 Å². The second-order valence-corrected chi connectivity index (χ2v) is 5.77. The van der Waals surface area contributed by atoms with Crippen molar-refractivity contribution < 1.29 is 0 Å². The van der Waals surface area contributed by atoms with Crippen LogP contribution in [0.4, 0.5) is 0 Å². The first-order valence-electron chi connectivity index (χ1n) is 3.08. The minimum atomic E-state index is 0.695. The molecule has 62 valence electrons. The molecule has 0 N–H and O–H groups in total. The smallest absolute Gasteiger partial charge is 0.160 e. The summed E-state index contributed by atoms with van der Waals surface area (Å²) in [5, 5.41) is 0.695. The van der Waals surface area contributed by atoms with E-state index < -0.39 is 0 Å². The van der Waals surface area contributed by atoms with Gasteiger partial charge in [0.1, 0.15) is 0 Å². The summed E-state index contributed by atoms with van der Waals surface area (Å²) >= 11 is 14.2. The van der Waals surface area contributed by atoms with E-state index in [1.807, 2.05) is 12.1 Å². The molecule has 0 unspecified atom stereocenters. The maximum absolute atomic E-state index is 5.90. The molecule has 1 aromatic carbocycles. The predicted octanol–water partition coefficient (Wildman–Crippen LogP) is 4.47. The molecule has 12 heavy (non-hydrogen) atoms. The fourth-order valence-corrected chi connectivity index (χ4v) is 2.97. The van der Waals surface area contributed by atoms with Gasteiger partial charge in [-0.15, -0.1) is 11.3 Å². The molecule has 0 aliphatic heterocycles. The van der Waals surface area contributed by atoms with Crippen molar-refractivity contribution in [3.05, 3.63) is 25.5 Å². The minimum Gasteiger partial charge on any atom is -0.229 e. The average Bonchev–Trinajstić information content (AvgIpc) is 2.30. The van der Waals surface area contributed by atoms with E-state index in [1.165, 1.54) is 0 Å². The second-order valence-electron chi connectivity index (χ2n) is 2.20. The molecule has 1 nitrogen and oxygen atoms in total. The summed E-state index contributed by atoms with van der Waals surface area (Å²) in [5.41, 5.74) is 0.931. The van der Waals surface area contributed by atoms with Crippen molar-refractivity contribution in [1.82, 2.24) is 4.98 Å². The van der Waals surface area contributed by atoms with Gasteiger partial charge < -0.3 is 0 Å². The molecular formula is C7H2Br2ClNS. The molecule has 0 amide bonds. The fraction of sp³-hybridized carbons (Fsp3) is 0. The number of halogens is 3. The summed E-state index contributed by atoms with van der Waals surface area (Å²) < 4.78 is 2.91. The van der Waals surface area contributed by atoms with Gasteiger partial charge in [0.2, 0.25) is 0 Å². The van der Waals surface area contributed by atoms with Crippen molar-refractivity contribution in [3.63, 3.8) is 0 Å². The summed E-state index contributed by atoms with van der Waals surface area (Å²) in [4.78, 5) is 4.24. The molecule has 0 atom stereocenters. The van der Waals surface area contributed by atoms with Gasteiger partial charge in [-0.25, -0.2) is 4.98 Å². The SMILES string of the molecule is Clc1cc2nc(Br)sc2cc1Br. The number of aromatic nitrogens is 1. The van der Waals surface area contributed by atoms with E-state index in [1.54, 1.807) is 11.3 Å². The Balaban J connectivity index is 2.83. The largest absolute Gasteiger partial charge is 0.229 e. The summed E-state index contributed by atoms with van der Waals surface area (Å²) in [6, 6.07) is 3.82. The van der Waals surface area contributed by atoms with Gasteiger partial charge in [0.05, 0.1) is 15.2 Å². The highest BCUT2D eigenvalue weighted by molar-refractivity contribution is 9.11. The Morgan fingerprint density at radius 3 is 2.83 bits per heavy atom. The van der Waals surface area contributed by atoms with Gasteiger partial charge in [-0.2, -0.15) is 0 Å². The molecule has 0 spiro atoms. The first-order valence-corrected chi connectivity index (χ1v) is 5.86. The van der Waals surface area contributed by atoms with E-state index in [9.17, 15) is 0 Å². The van der Waals surface area contributed by atoms with Crippen LogP contribution in [0.3, 0.4) is 0 Å². The number of nitrogens with zero attached hydrogens (tertiary/aromatic N) is 1. The predicted molar refractivity (Wildman–Crippen MR) is 60.0 cm³/mol. The molecule has 0 saturated carbocycles. The Morgan fingerprint density at radius 2 is 2.08 bits per heavy atom. The van der Waals surface area contributed by atoms with E-state index in [4.69, 9.17) is 11.6 Å². The maximum atomic E-state index is 5.90. The third-order valence-electron chi connectivity index (χ3n) is 1.40. The molecule has 1 aromatic heterocycles. The van der Waals surface area contributed by atoms with Crippen LogP contribution in [0.25, 0.3) is 10.2 Å². The molecule has 0 fully saturated rings. The number of rotatable bonds is 0. The van der Waals surface area contributed by atoms with Crippen LogP contribution < -0.4 is 0 Å². The van der Waals surface area contributed by atoms with Gasteiger partial charge in [-0.1, -0.05) is 11.6 Å². The monoisotopic (exact) mass is 325 g/mol. The van der Waals surface area contributed by atoms with Crippen LogP contribution in [0.5, 0.6) is 0 Å². The van der Waals surface area contributed by atoms with Crippen molar-refractivity contribution in [2.45, 2.75) is 0 Å². The van der Waals surface area contributed by atoms with Crippen LogP contribution in [-0.2, 0) is 0 Å². The molecule has 1 heterocycles. The highest BCUT2D eigenvalue weighted by Gasteiger charge is 2.04. The summed E-state index contributed by atoms with van der Waals surface area (Å²) in [5.74, 6) is 0. The van der Waals surface area contributed by atoms with Crippen molar-refractivity contribution in [2.75, 3.05) is 0 Å². The van der Waals surface area contributed by atoms with Crippen LogP contribution in [-0.4, -0.2) is 4.98 Å². The number of hydrogen-bond donors (Lipinski definition) is 0. The topological polar surface area (TPSA) is 12.9 Å². The standard InChI is InChI=1S/C7H2Br2ClNS/c8-3-1-6-5(2-4(3)10)11-7(9)12-6/h1-2H. The molecule has 0 radical (unpaired) electrons. The van der Waals surface area contributed by atoms with Gasteiger partial charge >= 0.3 is 0 Å². The molecule has 5 heteroatoms. The lowest BCUT2D eigenvalue weighted by molar-refractivity contribution is 1.45. The number of fused-ring (bicyclic) bond motifs is 1. The van der Waals surface area contributed by atoms with Gasteiger partial charge in [-0.05, 0) is 44.0 Å². The fourth-order valence-electron chi connectivity index (χ4n) is 0.895. The van der Waals surface area contributed by atoms with Crippen LogP contribution in [0.1, 0.15) is 0 Å². The zero-order valence-electron chi connectivity index (χ0n) is 5.64. The van der Waals surface area contributed by atoms with Crippen LogP contribution in [0.2, 0.25) is 5.02 Å². The third-order valence-corrected chi connectivity index (χ3v) is 4.07. The van der Waals surface area contributed by atoms with Crippen molar-refractivity contribution in [1.29, 1.82) is 0 Å². The maximum Gasteiger partial charge on any atom is 0.160 e. The minimum absolute atomic E-state index is 0.695. The molecule has 2 rings (SSSR count). The Kier molecular flexibility index (Phi) is 2.42. The average molecular weight is 327 g/mol. The summed E-state index contributed by atoms with van der Waals surface area (Å²) in [6.45, 7) is 0. The van der Waals surface area contributed by atoms with Crippen LogP contribution in [0.15, 0.2) is 20.5 Å². The first kappa shape index (κ1) is 8.94. The Morgan fingerprint density at radius 1 is 1.33 bits per heavy atom. The van der Waals surface area contributed by atoms with E-state index in [2.05, 4.69) is 36.8 Å². The summed E-state index contributed by atoms with van der Waals surface area (Å²) in [7, 11) is 0. The van der Waals surface area contributed by atoms with Crippen molar-refractivity contribution in [2.24, 2.45) is 0 Å². The highest BCUT2D eigenvalue weighted by Crippen LogP contribution is 2.32. The molecule has 0 saturated heterocycles. The molecule has 0 aliphatic rings. The quantitative estimate of drug-likeness (QED) is 0.695. The van der Waals surface area contributed by atoms with Gasteiger partial charge in [0, 0.05) is 4.47 Å². The van der Waals surface area contributed by atoms with Crippen LogP contribution in [0, 0.1) is 0 Å². The Labute approximate surface area is 95.0 Å². The van der Waals surface area contributed by atoms with E-state index in [0.29, 0.717) is 5.02 Å². The van der Waals surface area contributed by atoms with E-state index in [0.717, 1.165) is 18.6 Å². The molecule has 0 bridgehead atoms. The van der Waals surface area contributed by atoms with Crippen molar-refractivity contribution in [3.8, 4) is 0 Å². The van der Waals surface area contributed by atoms with Gasteiger partial charge in [0.25, 0.3) is 0 Å². The third kappa shape index (κ3) is 1.53. The Bertz CT molecular complexity index is 401. The molecular weight excluding hydrogens is 325 g/mol. The zero-order valence-corrected chi connectivity index (χ0v) is 10.4. The second kappa shape index (κ2) is 3.25. The van der Waals surface area contributed by atoms with Crippen LogP contribution >= 0.6 is 54.8 Å². The highest BCUT2D eigenvalue weighted by atomic mass is 79.9. The lowest BCUT2D eigenvalue weighted by atomic mass is 10.3. The summed E-state index contributed by atoms with van der Waals surface area (Å²) in [6.07, 6.45) is 0. The lowest BCUT2D eigenvalue weighted by Crippen LogP contribution is -1.70. The normalized spacial score (nSPS) is 10.9.